The molecule has 1 aromatic heterocycles. The van der Waals surface area contributed by atoms with Crippen molar-refractivity contribution in [2.45, 2.75) is 38.3 Å². The molecule has 2 aromatic carbocycles. The molecule has 3 aromatic rings. The number of nitrogens with zero attached hydrogens (tertiary/aromatic N) is 1. The van der Waals surface area contributed by atoms with Crippen LogP contribution in [0.1, 0.15) is 24.5 Å². The summed E-state index contributed by atoms with van der Waals surface area (Å²) in [5.41, 5.74) is 2.53. The number of likely N-dealkylation sites (N-methyl/N-ethyl adjacent to an activating group) is 1. The van der Waals surface area contributed by atoms with Crippen LogP contribution in [0.5, 0.6) is 0 Å². The molecule has 0 aliphatic rings. The van der Waals surface area contributed by atoms with Crippen LogP contribution >= 0.6 is 11.3 Å². The van der Waals surface area contributed by atoms with E-state index in [9.17, 15) is 9.59 Å². The Morgan fingerprint density at radius 3 is 2.31 bits per heavy atom. The Morgan fingerprint density at radius 1 is 0.966 bits per heavy atom. The van der Waals surface area contributed by atoms with E-state index in [1.54, 1.807) is 11.3 Å². The molecule has 3 rings (SSSR count). The predicted molar refractivity (Wildman–Crippen MR) is 123 cm³/mol. The highest BCUT2D eigenvalue weighted by atomic mass is 32.1. The summed E-state index contributed by atoms with van der Waals surface area (Å²) in [7, 11) is 4.06. The van der Waals surface area contributed by atoms with Gasteiger partial charge in [-0.15, -0.1) is 0 Å². The summed E-state index contributed by atoms with van der Waals surface area (Å²) in [6.45, 7) is 2.69. The van der Waals surface area contributed by atoms with Crippen molar-refractivity contribution >= 4 is 22.7 Å². The normalized spacial score (nSPS) is 13.5. The zero-order chi connectivity index (χ0) is 20.8. The van der Waals surface area contributed by atoms with Crippen LogP contribution in [0.25, 0.3) is 0 Å². The minimum Gasteiger partial charge on any atom is -0.378 e. The van der Waals surface area contributed by atoms with E-state index in [4.69, 9.17) is 0 Å². The van der Waals surface area contributed by atoms with Crippen LogP contribution in [-0.2, 0) is 12.8 Å². The highest BCUT2D eigenvalue weighted by Gasteiger charge is 2.24. The molecule has 0 radical (unpaired) electrons. The molecule has 1 heterocycles. The third kappa shape index (κ3) is 5.34. The van der Waals surface area contributed by atoms with E-state index in [0.717, 1.165) is 19.3 Å². The zero-order valence-electron chi connectivity index (χ0n) is 17.3. The fraction of sp³-hybridized carbons (Fsp3) is 0.391. The van der Waals surface area contributed by atoms with Crippen LogP contribution in [0.3, 0.4) is 0 Å². The standard InChI is InChI=1S/C23H29N3O2S/c1-4-18(12-17-10-11-29-15-17)25-21-20(22(27)23(21)28)24-14-19(26(2)3)13-16-8-6-5-7-9-16/h5-11,15,18-19,24-25H,4,12-14H2,1-3H3. The van der Waals surface area contributed by atoms with Crippen LogP contribution in [-0.4, -0.2) is 37.6 Å². The molecule has 0 fully saturated rings. The average molecular weight is 412 g/mol. The molecule has 2 unspecified atom stereocenters. The fourth-order valence-electron chi connectivity index (χ4n) is 3.44. The average Bonchev–Trinajstić information content (AvgIpc) is 3.24. The first-order chi connectivity index (χ1) is 14.0. The molecule has 0 saturated heterocycles. The number of rotatable bonds is 11. The van der Waals surface area contributed by atoms with E-state index in [1.165, 1.54) is 11.1 Å². The van der Waals surface area contributed by atoms with Gasteiger partial charge < -0.3 is 15.5 Å². The van der Waals surface area contributed by atoms with Crippen molar-refractivity contribution in [1.29, 1.82) is 0 Å². The van der Waals surface area contributed by atoms with E-state index in [1.807, 2.05) is 32.3 Å². The van der Waals surface area contributed by atoms with E-state index in [0.29, 0.717) is 17.9 Å². The lowest BCUT2D eigenvalue weighted by Gasteiger charge is -2.27. The van der Waals surface area contributed by atoms with Crippen molar-refractivity contribution in [2.24, 2.45) is 0 Å². The predicted octanol–water partition coefficient (Wildman–Crippen LogP) is 3.36. The van der Waals surface area contributed by atoms with Crippen LogP contribution in [0.15, 0.2) is 56.7 Å². The molecule has 2 N–H and O–H groups in total. The summed E-state index contributed by atoms with van der Waals surface area (Å²) in [4.78, 5) is 26.5. The Morgan fingerprint density at radius 2 is 1.69 bits per heavy atom. The lowest BCUT2D eigenvalue weighted by Crippen LogP contribution is -2.43. The first-order valence-electron chi connectivity index (χ1n) is 10.0. The van der Waals surface area contributed by atoms with Crippen molar-refractivity contribution < 1.29 is 0 Å². The number of thiophene rings is 1. The third-order valence-corrected chi connectivity index (χ3v) is 6.10. The van der Waals surface area contributed by atoms with Gasteiger partial charge in [0.05, 0.1) is 0 Å². The van der Waals surface area contributed by atoms with Gasteiger partial charge in [-0.3, -0.25) is 9.59 Å². The Labute approximate surface area is 176 Å². The van der Waals surface area contributed by atoms with Gasteiger partial charge in [-0.2, -0.15) is 11.3 Å². The summed E-state index contributed by atoms with van der Waals surface area (Å²) in [5, 5.41) is 10.7. The summed E-state index contributed by atoms with van der Waals surface area (Å²) in [5.74, 6) is 0. The second kappa shape index (κ2) is 9.85. The molecule has 0 aliphatic heterocycles. The van der Waals surface area contributed by atoms with Crippen molar-refractivity contribution in [1.82, 2.24) is 4.90 Å². The van der Waals surface area contributed by atoms with Crippen molar-refractivity contribution in [3.8, 4) is 0 Å². The molecular weight excluding hydrogens is 382 g/mol. The van der Waals surface area contributed by atoms with Gasteiger partial charge in [0, 0.05) is 18.6 Å². The largest absolute Gasteiger partial charge is 0.378 e. The van der Waals surface area contributed by atoms with Crippen molar-refractivity contribution in [3.05, 3.63) is 78.7 Å². The smallest absolute Gasteiger partial charge is 0.253 e. The quantitative estimate of drug-likeness (QED) is 0.474. The van der Waals surface area contributed by atoms with Gasteiger partial charge in [0.15, 0.2) is 0 Å². The number of benzene rings is 1. The Bertz CT molecular complexity index is 960. The van der Waals surface area contributed by atoms with E-state index < -0.39 is 10.9 Å². The Hall–Kier alpha value is -2.44. The number of hydrogen-bond donors (Lipinski definition) is 2. The van der Waals surface area contributed by atoms with Gasteiger partial charge in [-0.05, 0) is 61.3 Å². The highest BCUT2D eigenvalue weighted by Crippen LogP contribution is 2.20. The molecule has 5 nitrogen and oxygen atoms in total. The van der Waals surface area contributed by atoms with E-state index >= 15 is 0 Å². The van der Waals surface area contributed by atoms with E-state index in [-0.39, 0.29) is 12.1 Å². The lowest BCUT2D eigenvalue weighted by molar-refractivity contribution is 0.303. The SMILES string of the molecule is CCC(Cc1ccsc1)Nc1c(NCC(Cc2ccccc2)N(C)C)c(=O)c1=O. The molecule has 29 heavy (non-hydrogen) atoms. The van der Waals surface area contributed by atoms with Crippen LogP contribution in [0, 0.1) is 0 Å². The Balaban J connectivity index is 1.65. The number of nitrogens with one attached hydrogen (secondary N) is 2. The number of hydrogen-bond acceptors (Lipinski definition) is 6. The van der Waals surface area contributed by atoms with E-state index in [2.05, 4.69) is 51.4 Å². The highest BCUT2D eigenvalue weighted by molar-refractivity contribution is 7.07. The third-order valence-electron chi connectivity index (χ3n) is 5.37. The van der Waals surface area contributed by atoms with Gasteiger partial charge >= 0.3 is 0 Å². The fourth-order valence-corrected chi connectivity index (χ4v) is 4.12. The Kier molecular flexibility index (Phi) is 7.23. The lowest BCUT2D eigenvalue weighted by atomic mass is 10.0. The molecule has 0 aliphatic carbocycles. The van der Waals surface area contributed by atoms with Gasteiger partial charge in [0.25, 0.3) is 10.9 Å². The maximum Gasteiger partial charge on any atom is 0.253 e. The summed E-state index contributed by atoms with van der Waals surface area (Å²) < 4.78 is 0. The topological polar surface area (TPSA) is 61.4 Å². The summed E-state index contributed by atoms with van der Waals surface area (Å²) in [6, 6.07) is 12.7. The van der Waals surface area contributed by atoms with Gasteiger partial charge in [-0.25, -0.2) is 0 Å². The van der Waals surface area contributed by atoms with Crippen molar-refractivity contribution in [2.75, 3.05) is 31.3 Å². The minimum atomic E-state index is -0.421. The van der Waals surface area contributed by atoms with Gasteiger partial charge in [-0.1, -0.05) is 37.3 Å². The molecule has 0 spiro atoms. The van der Waals surface area contributed by atoms with Crippen LogP contribution in [0.4, 0.5) is 11.4 Å². The summed E-state index contributed by atoms with van der Waals surface area (Å²) in [6.07, 6.45) is 2.59. The maximum absolute atomic E-state index is 12.2. The van der Waals surface area contributed by atoms with Gasteiger partial charge in [0.1, 0.15) is 11.4 Å². The molecule has 2 atom stereocenters. The zero-order valence-corrected chi connectivity index (χ0v) is 18.1. The molecule has 6 heteroatoms. The minimum absolute atomic E-state index is 0.127. The second-order valence-corrected chi connectivity index (χ2v) is 8.46. The number of anilines is 2. The molecule has 154 valence electrons. The molecule has 0 saturated carbocycles. The second-order valence-electron chi connectivity index (χ2n) is 7.68. The monoisotopic (exact) mass is 411 g/mol. The maximum atomic E-state index is 12.2. The summed E-state index contributed by atoms with van der Waals surface area (Å²) >= 11 is 1.67. The molecule has 0 bridgehead atoms. The van der Waals surface area contributed by atoms with Crippen LogP contribution in [0.2, 0.25) is 0 Å². The van der Waals surface area contributed by atoms with Crippen LogP contribution < -0.4 is 21.5 Å². The first-order valence-corrected chi connectivity index (χ1v) is 11.0. The molecular formula is C23H29N3O2S. The molecule has 0 amide bonds. The first kappa shape index (κ1) is 21.3. The van der Waals surface area contributed by atoms with Gasteiger partial charge in [0.2, 0.25) is 0 Å². The van der Waals surface area contributed by atoms with Crippen molar-refractivity contribution in [3.63, 3.8) is 0 Å².